The summed E-state index contributed by atoms with van der Waals surface area (Å²) in [7, 11) is 0. The van der Waals surface area contributed by atoms with Gasteiger partial charge in [-0.15, -0.1) is 0 Å². The molecule has 0 N–H and O–H groups in total. The van der Waals surface area contributed by atoms with Gasteiger partial charge >= 0.3 is 0 Å². The molecule has 1 aliphatic carbocycles. The Balaban J connectivity index is 1.07. The van der Waals surface area contributed by atoms with Crippen LogP contribution in [0.3, 0.4) is 0 Å². The first-order valence-corrected chi connectivity index (χ1v) is 21.6. The van der Waals surface area contributed by atoms with Crippen LogP contribution in [0, 0.1) is 0 Å². The van der Waals surface area contributed by atoms with Crippen molar-refractivity contribution in [3.63, 3.8) is 0 Å². The minimum atomic E-state index is -0.120. The highest BCUT2D eigenvalue weighted by Crippen LogP contribution is 2.51. The summed E-state index contributed by atoms with van der Waals surface area (Å²) in [5.41, 5.74) is 20.7. The molecule has 0 aliphatic heterocycles. The third-order valence-corrected chi connectivity index (χ3v) is 12.9. The second-order valence-corrected chi connectivity index (χ2v) is 16.9. The first kappa shape index (κ1) is 37.3. The zero-order chi connectivity index (χ0) is 41.6. The highest BCUT2D eigenvalue weighted by atomic mass is 15.1. The van der Waals surface area contributed by atoms with E-state index in [9.17, 15) is 0 Å². The van der Waals surface area contributed by atoms with Crippen LogP contribution in [-0.2, 0) is 5.41 Å². The van der Waals surface area contributed by atoms with Crippen molar-refractivity contribution < 1.29 is 0 Å². The van der Waals surface area contributed by atoms with Crippen molar-refractivity contribution in [1.82, 2.24) is 0 Å². The monoisotopic (exact) mass is 791 g/mol. The number of hydrogen-bond donors (Lipinski definition) is 0. The largest absolute Gasteiger partial charge is 0.310 e. The van der Waals surface area contributed by atoms with E-state index in [1.165, 1.54) is 88.7 Å². The number of rotatable bonds is 8. The van der Waals surface area contributed by atoms with Crippen LogP contribution in [0.15, 0.2) is 237 Å². The van der Waals surface area contributed by atoms with Gasteiger partial charge in [-0.3, -0.25) is 0 Å². The van der Waals surface area contributed by atoms with Gasteiger partial charge in [0.2, 0.25) is 0 Å². The van der Waals surface area contributed by atoms with E-state index in [1.54, 1.807) is 0 Å². The van der Waals surface area contributed by atoms with Crippen LogP contribution in [0.2, 0.25) is 0 Å². The number of nitrogens with zero attached hydrogens (tertiary/aromatic N) is 1. The number of anilines is 3. The molecule has 0 atom stereocenters. The van der Waals surface area contributed by atoms with E-state index in [2.05, 4.69) is 255 Å². The van der Waals surface area contributed by atoms with Crippen LogP contribution in [0.4, 0.5) is 17.1 Å². The molecule has 0 amide bonds. The summed E-state index contributed by atoms with van der Waals surface area (Å²) in [6, 6.07) is 86.6. The SMILES string of the molecule is CC1(C)c2ccccc2-c2ccc(N(c3ccc(-c4cccc5cc(-c6ccccc6-c6ccccc6)cc(-c6ccccc6)c45)cc3)c3ccccc3-c3ccccc3)cc21. The first-order chi connectivity index (χ1) is 30.5. The van der Waals surface area contributed by atoms with Crippen LogP contribution < -0.4 is 4.90 Å². The summed E-state index contributed by atoms with van der Waals surface area (Å²) < 4.78 is 0. The van der Waals surface area contributed by atoms with Crippen LogP contribution in [-0.4, -0.2) is 0 Å². The Labute approximate surface area is 364 Å². The molecule has 0 bridgehead atoms. The van der Waals surface area contributed by atoms with Crippen LogP contribution >= 0.6 is 0 Å². The second kappa shape index (κ2) is 15.4. The highest BCUT2D eigenvalue weighted by molar-refractivity contribution is 6.09. The Morgan fingerprint density at radius 1 is 0.290 bits per heavy atom. The van der Waals surface area contributed by atoms with Crippen molar-refractivity contribution in [2.45, 2.75) is 19.3 Å². The molecule has 62 heavy (non-hydrogen) atoms. The molecule has 10 aromatic carbocycles. The van der Waals surface area contributed by atoms with E-state index < -0.39 is 0 Å². The molecule has 294 valence electrons. The maximum absolute atomic E-state index is 2.44. The third-order valence-electron chi connectivity index (χ3n) is 12.9. The number of benzene rings is 10. The fraction of sp³-hybridized carbons (Fsp3) is 0.0492. The maximum Gasteiger partial charge on any atom is 0.0540 e. The quantitative estimate of drug-likeness (QED) is 0.148. The van der Waals surface area contributed by atoms with E-state index in [4.69, 9.17) is 0 Å². The van der Waals surface area contributed by atoms with E-state index in [1.807, 2.05) is 0 Å². The molecule has 0 aromatic heterocycles. The van der Waals surface area contributed by atoms with E-state index in [-0.39, 0.29) is 5.41 Å². The molecule has 0 saturated heterocycles. The topological polar surface area (TPSA) is 3.24 Å². The number of para-hydroxylation sites is 1. The van der Waals surface area contributed by atoms with Gasteiger partial charge in [0.25, 0.3) is 0 Å². The van der Waals surface area contributed by atoms with Gasteiger partial charge in [-0.05, 0) is 126 Å². The molecule has 1 aliphatic rings. The average Bonchev–Trinajstić information content (AvgIpc) is 3.57. The van der Waals surface area contributed by atoms with Crippen LogP contribution in [0.5, 0.6) is 0 Å². The third kappa shape index (κ3) is 6.42. The zero-order valence-corrected chi connectivity index (χ0v) is 35.0. The van der Waals surface area contributed by atoms with Gasteiger partial charge in [-0.1, -0.05) is 208 Å². The molecule has 11 rings (SSSR count). The van der Waals surface area contributed by atoms with Crippen molar-refractivity contribution in [3.05, 3.63) is 248 Å². The Morgan fingerprint density at radius 2 is 0.774 bits per heavy atom. The Kier molecular flexibility index (Phi) is 9.24. The smallest absolute Gasteiger partial charge is 0.0540 e. The minimum Gasteiger partial charge on any atom is -0.310 e. The lowest BCUT2D eigenvalue weighted by molar-refractivity contribution is 0.660. The summed E-state index contributed by atoms with van der Waals surface area (Å²) in [5, 5.41) is 2.46. The van der Waals surface area contributed by atoms with Gasteiger partial charge in [0, 0.05) is 22.4 Å². The molecular formula is C61H45N. The fourth-order valence-electron chi connectivity index (χ4n) is 9.85. The lowest BCUT2D eigenvalue weighted by Crippen LogP contribution is -2.16. The van der Waals surface area contributed by atoms with Crippen molar-refractivity contribution in [2.75, 3.05) is 4.90 Å². The van der Waals surface area contributed by atoms with Crippen molar-refractivity contribution >= 4 is 27.8 Å². The second-order valence-electron chi connectivity index (χ2n) is 16.9. The number of hydrogen-bond acceptors (Lipinski definition) is 1. The summed E-state index contributed by atoms with van der Waals surface area (Å²) in [6.07, 6.45) is 0. The first-order valence-electron chi connectivity index (χ1n) is 21.6. The molecule has 0 spiro atoms. The van der Waals surface area contributed by atoms with E-state index in [0.29, 0.717) is 0 Å². The van der Waals surface area contributed by atoms with Gasteiger partial charge in [0.05, 0.1) is 5.69 Å². The van der Waals surface area contributed by atoms with Crippen LogP contribution in [0.1, 0.15) is 25.0 Å². The van der Waals surface area contributed by atoms with Crippen molar-refractivity contribution in [1.29, 1.82) is 0 Å². The highest BCUT2D eigenvalue weighted by Gasteiger charge is 2.36. The van der Waals surface area contributed by atoms with Crippen LogP contribution in [0.25, 0.3) is 77.5 Å². The normalized spacial score (nSPS) is 12.5. The van der Waals surface area contributed by atoms with Gasteiger partial charge < -0.3 is 4.90 Å². The fourth-order valence-corrected chi connectivity index (χ4v) is 9.85. The molecule has 0 heterocycles. The van der Waals surface area contributed by atoms with Gasteiger partial charge in [0.1, 0.15) is 0 Å². The molecule has 10 aromatic rings. The lowest BCUT2D eigenvalue weighted by Gasteiger charge is -2.30. The van der Waals surface area contributed by atoms with E-state index in [0.717, 1.165) is 17.1 Å². The minimum absolute atomic E-state index is 0.120. The molecule has 0 fully saturated rings. The predicted molar refractivity (Wildman–Crippen MR) is 263 cm³/mol. The molecule has 0 unspecified atom stereocenters. The van der Waals surface area contributed by atoms with Gasteiger partial charge in [-0.2, -0.15) is 0 Å². The lowest BCUT2D eigenvalue weighted by atomic mass is 9.82. The summed E-state index contributed by atoms with van der Waals surface area (Å²) >= 11 is 0. The average molecular weight is 792 g/mol. The Bertz CT molecular complexity index is 3240. The molecule has 0 saturated carbocycles. The van der Waals surface area contributed by atoms with Crippen molar-refractivity contribution in [3.8, 4) is 66.8 Å². The van der Waals surface area contributed by atoms with E-state index >= 15 is 0 Å². The molecule has 1 heteroatoms. The summed E-state index contributed by atoms with van der Waals surface area (Å²) in [6.45, 7) is 4.72. The van der Waals surface area contributed by atoms with Gasteiger partial charge in [-0.25, -0.2) is 0 Å². The molecule has 1 nitrogen and oxygen atoms in total. The predicted octanol–water partition coefficient (Wildman–Crippen LogP) is 17.0. The molecule has 0 radical (unpaired) electrons. The zero-order valence-electron chi connectivity index (χ0n) is 35.0. The molecular weight excluding hydrogens is 747 g/mol. The number of fused-ring (bicyclic) bond motifs is 4. The summed E-state index contributed by atoms with van der Waals surface area (Å²) in [4.78, 5) is 2.44. The Hall–Kier alpha value is -7.74. The van der Waals surface area contributed by atoms with Crippen molar-refractivity contribution in [2.24, 2.45) is 0 Å². The standard InChI is InChI=1S/C61H45N/c1-61(2)57-31-16-14-29-54(57)55-38-37-49(41-58(55)61)62(59-32-17-15-28-52(59)43-21-8-4-9-22-43)48-35-33-45(34-36-48)53-30-18-25-46-39-47(40-56(60(46)53)44-23-10-5-11-24-44)51-27-13-12-26-50(51)42-19-6-3-7-20-42/h3-41H,1-2H3. The summed E-state index contributed by atoms with van der Waals surface area (Å²) in [5.74, 6) is 0. The maximum atomic E-state index is 2.44. The Morgan fingerprint density at radius 3 is 1.45 bits per heavy atom. The van der Waals surface area contributed by atoms with Gasteiger partial charge in [0.15, 0.2) is 0 Å².